The van der Waals surface area contributed by atoms with Crippen LogP contribution in [0.25, 0.3) is 11.1 Å². The van der Waals surface area contributed by atoms with Crippen LogP contribution in [-0.4, -0.2) is 18.3 Å². The van der Waals surface area contributed by atoms with E-state index in [1.807, 2.05) is 24.3 Å². The molecule has 7 heteroatoms. The molecule has 0 saturated heterocycles. The van der Waals surface area contributed by atoms with Gasteiger partial charge >= 0.3 is 0 Å². The lowest BCUT2D eigenvalue weighted by Gasteiger charge is -2.12. The van der Waals surface area contributed by atoms with Gasteiger partial charge in [0, 0.05) is 29.6 Å². The zero-order chi connectivity index (χ0) is 16.1. The van der Waals surface area contributed by atoms with Gasteiger partial charge in [-0.15, -0.1) is 10.2 Å². The summed E-state index contributed by atoms with van der Waals surface area (Å²) in [7, 11) is 0. The summed E-state index contributed by atoms with van der Waals surface area (Å²) in [5.41, 5.74) is 10.1. The third-order valence-corrected chi connectivity index (χ3v) is 4.04. The molecule has 0 aromatic heterocycles. The molecule has 2 aromatic carbocycles. The van der Waals surface area contributed by atoms with E-state index in [2.05, 4.69) is 62.9 Å². The fraction of sp³-hybridized carbons (Fsp3) is 0.250. The molecular formula is C16H18N6S. The minimum Gasteiger partial charge on any atom is -0.383 e. The van der Waals surface area contributed by atoms with Crippen molar-refractivity contribution in [2.75, 3.05) is 17.6 Å². The van der Waals surface area contributed by atoms with Gasteiger partial charge in [0.25, 0.3) is 0 Å². The summed E-state index contributed by atoms with van der Waals surface area (Å²) in [5.74, 6) is 0.660. The third-order valence-electron chi connectivity index (χ3n) is 3.57. The number of benzene rings is 2. The molecule has 23 heavy (non-hydrogen) atoms. The van der Waals surface area contributed by atoms with E-state index < -0.39 is 0 Å². The number of rotatable bonds is 6. The van der Waals surface area contributed by atoms with Crippen molar-refractivity contribution in [3.05, 3.63) is 54.1 Å². The zero-order valence-corrected chi connectivity index (χ0v) is 13.4. The first-order chi connectivity index (χ1) is 11.3. The minimum atomic E-state index is -0.321. The highest BCUT2D eigenvalue weighted by Crippen LogP contribution is 2.28. The van der Waals surface area contributed by atoms with Crippen LogP contribution in [0.5, 0.6) is 0 Å². The van der Waals surface area contributed by atoms with E-state index in [4.69, 9.17) is 5.73 Å². The minimum absolute atomic E-state index is 0.0458. The van der Waals surface area contributed by atoms with Gasteiger partial charge in [0.1, 0.15) is 0 Å². The topological polar surface area (TPSA) is 87.5 Å². The van der Waals surface area contributed by atoms with Crippen LogP contribution in [0.4, 0.5) is 5.69 Å². The lowest BCUT2D eigenvalue weighted by Crippen LogP contribution is -2.30. The van der Waals surface area contributed by atoms with Crippen LogP contribution < -0.4 is 11.1 Å². The van der Waals surface area contributed by atoms with Crippen LogP contribution in [0, 0.1) is 0 Å². The maximum absolute atomic E-state index is 5.85. The van der Waals surface area contributed by atoms with Crippen LogP contribution in [0.15, 0.2) is 69.2 Å². The molecule has 1 heterocycles. The normalized spacial score (nSPS) is 15.0. The molecule has 2 aromatic rings. The number of hydrogen-bond donors (Lipinski definition) is 3. The quantitative estimate of drug-likeness (QED) is 0.704. The molecule has 0 fully saturated rings. The second-order valence-corrected chi connectivity index (χ2v) is 5.68. The molecule has 0 aliphatic carbocycles. The van der Waals surface area contributed by atoms with Gasteiger partial charge in [-0.25, -0.2) is 0 Å². The summed E-state index contributed by atoms with van der Waals surface area (Å²) in [6, 6.07) is 16.4. The molecule has 0 amide bonds. The Morgan fingerprint density at radius 1 is 1.04 bits per heavy atom. The Hall–Kier alpha value is -2.25. The van der Waals surface area contributed by atoms with Crippen LogP contribution in [0.3, 0.4) is 0 Å². The van der Waals surface area contributed by atoms with E-state index in [-0.39, 0.29) is 12.2 Å². The first-order valence-electron chi connectivity index (χ1n) is 7.37. The highest BCUT2D eigenvalue weighted by molar-refractivity contribution is 7.80. The van der Waals surface area contributed by atoms with Crippen molar-refractivity contribution in [2.45, 2.75) is 12.2 Å². The number of thiol groups is 1. The van der Waals surface area contributed by atoms with Crippen LogP contribution in [0.2, 0.25) is 0 Å². The summed E-state index contributed by atoms with van der Waals surface area (Å²) in [4.78, 5) is 0. The van der Waals surface area contributed by atoms with Gasteiger partial charge in [0.2, 0.25) is 6.17 Å². The van der Waals surface area contributed by atoms with Crippen molar-refractivity contribution in [3.63, 3.8) is 0 Å². The van der Waals surface area contributed by atoms with E-state index in [1.165, 1.54) is 0 Å². The van der Waals surface area contributed by atoms with Gasteiger partial charge < -0.3 is 11.1 Å². The maximum Gasteiger partial charge on any atom is 0.210 e. The third kappa shape index (κ3) is 3.94. The standard InChI is InChI=1S/C16H18N6S/c17-14(10-23)9-18-15-6-4-11(5-7-15)12-2-1-3-13(8-12)16-19-21-22-20-16/h1-8,14,16,18,23H,9-10,17H2/t14-/m1/s1. The number of nitrogens with two attached hydrogens (primary N) is 1. The molecule has 1 aliphatic heterocycles. The highest BCUT2D eigenvalue weighted by atomic mass is 32.1. The molecule has 1 aliphatic rings. The average Bonchev–Trinajstić information content (AvgIpc) is 3.15. The highest BCUT2D eigenvalue weighted by Gasteiger charge is 2.13. The summed E-state index contributed by atoms with van der Waals surface area (Å²) in [5, 5.41) is 18.3. The first-order valence-corrected chi connectivity index (χ1v) is 8.00. The summed E-state index contributed by atoms with van der Waals surface area (Å²) >= 11 is 4.18. The zero-order valence-electron chi connectivity index (χ0n) is 12.5. The molecular weight excluding hydrogens is 308 g/mol. The van der Waals surface area contributed by atoms with Gasteiger partial charge in [-0.3, -0.25) is 0 Å². The SMILES string of the molecule is N[C@@H](CS)CNc1ccc(-c2cccc(C3N=NN=N3)c2)cc1. The number of nitrogens with one attached hydrogen (secondary N) is 1. The predicted molar refractivity (Wildman–Crippen MR) is 94.6 cm³/mol. The smallest absolute Gasteiger partial charge is 0.210 e. The van der Waals surface area contributed by atoms with Crippen molar-refractivity contribution in [2.24, 2.45) is 26.4 Å². The average molecular weight is 326 g/mol. The molecule has 1 atom stereocenters. The van der Waals surface area contributed by atoms with E-state index >= 15 is 0 Å². The number of nitrogens with zero attached hydrogens (tertiary/aromatic N) is 4. The molecule has 118 valence electrons. The van der Waals surface area contributed by atoms with Gasteiger partial charge in [-0.1, -0.05) is 30.3 Å². The van der Waals surface area contributed by atoms with Crippen molar-refractivity contribution in [3.8, 4) is 11.1 Å². The largest absolute Gasteiger partial charge is 0.383 e. The molecule has 3 rings (SSSR count). The van der Waals surface area contributed by atoms with E-state index in [9.17, 15) is 0 Å². The van der Waals surface area contributed by atoms with Crippen molar-refractivity contribution in [1.82, 2.24) is 0 Å². The first kappa shape index (κ1) is 15.6. The lowest BCUT2D eigenvalue weighted by molar-refractivity contribution is 0.765. The van der Waals surface area contributed by atoms with E-state index in [0.29, 0.717) is 12.3 Å². The number of hydrogen-bond acceptors (Lipinski definition) is 7. The molecule has 0 spiro atoms. The van der Waals surface area contributed by atoms with Crippen LogP contribution >= 0.6 is 12.6 Å². The fourth-order valence-corrected chi connectivity index (χ4v) is 2.40. The second-order valence-electron chi connectivity index (χ2n) is 5.31. The van der Waals surface area contributed by atoms with Gasteiger partial charge in [-0.2, -0.15) is 12.6 Å². The summed E-state index contributed by atoms with van der Waals surface area (Å²) in [6.07, 6.45) is -0.321. The van der Waals surface area contributed by atoms with Gasteiger partial charge in [0.05, 0.1) is 0 Å². The molecule has 6 nitrogen and oxygen atoms in total. The summed E-state index contributed by atoms with van der Waals surface area (Å²) < 4.78 is 0. The molecule has 3 N–H and O–H groups in total. The Kier molecular flexibility index (Phi) is 4.99. The van der Waals surface area contributed by atoms with Crippen molar-refractivity contribution >= 4 is 18.3 Å². The van der Waals surface area contributed by atoms with Gasteiger partial charge in [0.15, 0.2) is 0 Å². The molecule has 0 radical (unpaired) electrons. The molecule has 0 unspecified atom stereocenters. The summed E-state index contributed by atoms with van der Waals surface area (Å²) in [6.45, 7) is 0.704. The van der Waals surface area contributed by atoms with E-state index in [1.54, 1.807) is 0 Å². The van der Waals surface area contributed by atoms with Crippen molar-refractivity contribution < 1.29 is 0 Å². The lowest BCUT2D eigenvalue weighted by atomic mass is 10.0. The van der Waals surface area contributed by atoms with Crippen molar-refractivity contribution in [1.29, 1.82) is 0 Å². The monoisotopic (exact) mass is 326 g/mol. The number of anilines is 1. The van der Waals surface area contributed by atoms with E-state index in [0.717, 1.165) is 22.4 Å². The van der Waals surface area contributed by atoms with Crippen LogP contribution in [-0.2, 0) is 0 Å². The molecule has 0 saturated carbocycles. The second kappa shape index (κ2) is 7.34. The Bertz CT molecular complexity index is 701. The maximum atomic E-state index is 5.85. The Morgan fingerprint density at radius 2 is 1.78 bits per heavy atom. The Labute approximate surface area is 140 Å². The Balaban J connectivity index is 1.73. The predicted octanol–water partition coefficient (Wildman–Crippen LogP) is 3.85. The fourth-order valence-electron chi connectivity index (χ4n) is 2.27. The Morgan fingerprint density at radius 3 is 2.48 bits per heavy atom. The van der Waals surface area contributed by atoms with Crippen LogP contribution in [0.1, 0.15) is 11.7 Å². The molecule has 0 bridgehead atoms. The van der Waals surface area contributed by atoms with Gasteiger partial charge in [-0.05, 0) is 39.8 Å².